The van der Waals surface area contributed by atoms with Gasteiger partial charge >= 0.3 is 11.9 Å². The predicted octanol–water partition coefficient (Wildman–Crippen LogP) is 3.36. The van der Waals surface area contributed by atoms with Crippen LogP contribution < -0.4 is 10.1 Å². The molecule has 28 heavy (non-hydrogen) atoms. The highest BCUT2D eigenvalue weighted by Crippen LogP contribution is 2.21. The average Bonchev–Trinajstić information content (AvgIpc) is 2.70. The Balaban J connectivity index is 2.28. The van der Waals surface area contributed by atoms with Gasteiger partial charge in [-0.15, -0.1) is 0 Å². The fourth-order valence-electron chi connectivity index (χ4n) is 2.57. The van der Waals surface area contributed by atoms with Crippen molar-refractivity contribution >= 4 is 23.5 Å². The third kappa shape index (κ3) is 5.09. The van der Waals surface area contributed by atoms with Gasteiger partial charge in [0.05, 0.1) is 31.0 Å². The van der Waals surface area contributed by atoms with E-state index in [0.717, 1.165) is 5.56 Å². The van der Waals surface area contributed by atoms with Gasteiger partial charge in [-0.25, -0.2) is 9.59 Å². The van der Waals surface area contributed by atoms with E-state index in [1.165, 1.54) is 32.4 Å². The van der Waals surface area contributed by atoms with E-state index < -0.39 is 23.9 Å². The molecule has 148 valence electrons. The first-order valence-corrected chi connectivity index (χ1v) is 8.74. The summed E-state index contributed by atoms with van der Waals surface area (Å²) in [4.78, 5) is 36.5. The van der Waals surface area contributed by atoms with Crippen LogP contribution in [0.15, 0.2) is 42.5 Å². The van der Waals surface area contributed by atoms with Crippen molar-refractivity contribution in [1.82, 2.24) is 0 Å². The number of ether oxygens (including phenoxy) is 3. The van der Waals surface area contributed by atoms with Crippen LogP contribution >= 0.6 is 0 Å². The van der Waals surface area contributed by atoms with Crippen molar-refractivity contribution in [2.45, 2.75) is 26.4 Å². The molecule has 0 heterocycles. The van der Waals surface area contributed by atoms with E-state index in [9.17, 15) is 14.4 Å². The van der Waals surface area contributed by atoms with Gasteiger partial charge in [-0.2, -0.15) is 0 Å². The molecule has 0 radical (unpaired) electrons. The molecule has 2 aromatic rings. The van der Waals surface area contributed by atoms with Gasteiger partial charge in [0.25, 0.3) is 5.91 Å². The molecule has 0 aromatic heterocycles. The lowest BCUT2D eigenvalue weighted by Crippen LogP contribution is -2.33. The standard InChI is InChI=1S/C21H23NO6/c1-5-18(28-15-8-6-7-13(2)11-15)19(23)22-17-12-14(20(24)26-3)9-10-16(17)21(25)27-4/h6-12,18H,5H2,1-4H3,(H,22,23)/t18-/m1/s1. The maximum Gasteiger partial charge on any atom is 0.339 e. The summed E-state index contributed by atoms with van der Waals surface area (Å²) < 4.78 is 15.2. The number of hydrogen-bond acceptors (Lipinski definition) is 6. The second-order valence-electron chi connectivity index (χ2n) is 6.06. The van der Waals surface area contributed by atoms with Gasteiger partial charge in [-0.1, -0.05) is 19.1 Å². The van der Waals surface area contributed by atoms with Crippen LogP contribution in [0.1, 0.15) is 39.6 Å². The molecule has 7 heteroatoms. The third-order valence-electron chi connectivity index (χ3n) is 4.03. The number of esters is 2. The molecular formula is C21H23NO6. The molecule has 7 nitrogen and oxygen atoms in total. The molecule has 0 unspecified atom stereocenters. The first kappa shape index (κ1) is 21.0. The van der Waals surface area contributed by atoms with Crippen molar-refractivity contribution in [3.8, 4) is 5.75 Å². The molecule has 0 fully saturated rings. The van der Waals surface area contributed by atoms with Gasteiger partial charge in [-0.05, 0) is 49.2 Å². The topological polar surface area (TPSA) is 90.9 Å². The van der Waals surface area contributed by atoms with E-state index in [1.807, 2.05) is 32.0 Å². The lowest BCUT2D eigenvalue weighted by molar-refractivity contribution is -0.122. The number of rotatable bonds is 7. The van der Waals surface area contributed by atoms with Crippen molar-refractivity contribution < 1.29 is 28.6 Å². The highest BCUT2D eigenvalue weighted by atomic mass is 16.5. The number of amides is 1. The number of hydrogen-bond donors (Lipinski definition) is 1. The van der Waals surface area contributed by atoms with Crippen LogP contribution in [0.4, 0.5) is 5.69 Å². The van der Waals surface area contributed by atoms with Crippen LogP contribution in [-0.4, -0.2) is 38.2 Å². The van der Waals surface area contributed by atoms with Crippen molar-refractivity contribution in [2.24, 2.45) is 0 Å². The zero-order valence-electron chi connectivity index (χ0n) is 16.3. The fourth-order valence-corrected chi connectivity index (χ4v) is 2.57. The van der Waals surface area contributed by atoms with Gasteiger partial charge in [0, 0.05) is 0 Å². The molecule has 2 aromatic carbocycles. The maximum atomic E-state index is 12.7. The van der Waals surface area contributed by atoms with E-state index >= 15 is 0 Å². The van der Waals surface area contributed by atoms with Gasteiger partial charge in [0.15, 0.2) is 6.10 Å². The zero-order valence-corrected chi connectivity index (χ0v) is 16.3. The molecule has 1 amide bonds. The summed E-state index contributed by atoms with van der Waals surface area (Å²) in [6, 6.07) is 11.5. The van der Waals surface area contributed by atoms with Crippen LogP contribution in [0.2, 0.25) is 0 Å². The second-order valence-corrected chi connectivity index (χ2v) is 6.06. The van der Waals surface area contributed by atoms with E-state index in [2.05, 4.69) is 10.1 Å². The first-order chi connectivity index (χ1) is 13.4. The van der Waals surface area contributed by atoms with Crippen molar-refractivity contribution in [3.63, 3.8) is 0 Å². The van der Waals surface area contributed by atoms with Crippen LogP contribution in [0.25, 0.3) is 0 Å². The molecule has 0 saturated carbocycles. The Morgan fingerprint density at radius 3 is 2.32 bits per heavy atom. The molecule has 0 bridgehead atoms. The summed E-state index contributed by atoms with van der Waals surface area (Å²) in [5.74, 6) is -1.11. The van der Waals surface area contributed by atoms with Crippen LogP contribution in [-0.2, 0) is 14.3 Å². The number of carbonyl (C=O) groups is 3. The molecule has 0 aliphatic heterocycles. The van der Waals surface area contributed by atoms with Crippen molar-refractivity contribution in [3.05, 3.63) is 59.2 Å². The molecule has 0 aliphatic rings. The molecule has 1 N–H and O–H groups in total. The van der Waals surface area contributed by atoms with E-state index in [1.54, 1.807) is 6.07 Å². The number of aryl methyl sites for hydroxylation is 1. The van der Waals surface area contributed by atoms with Gasteiger partial charge in [-0.3, -0.25) is 4.79 Å². The van der Waals surface area contributed by atoms with Crippen LogP contribution in [0.5, 0.6) is 5.75 Å². The minimum atomic E-state index is -0.783. The lowest BCUT2D eigenvalue weighted by atomic mass is 10.1. The molecule has 1 atom stereocenters. The van der Waals surface area contributed by atoms with Crippen molar-refractivity contribution in [2.75, 3.05) is 19.5 Å². The van der Waals surface area contributed by atoms with Crippen LogP contribution in [0, 0.1) is 6.92 Å². The normalized spacial score (nSPS) is 11.3. The van der Waals surface area contributed by atoms with Crippen molar-refractivity contribution in [1.29, 1.82) is 0 Å². The van der Waals surface area contributed by atoms with Crippen LogP contribution in [0.3, 0.4) is 0 Å². The Labute approximate surface area is 163 Å². The Morgan fingerprint density at radius 2 is 1.71 bits per heavy atom. The zero-order chi connectivity index (χ0) is 20.7. The van der Waals surface area contributed by atoms with Gasteiger partial charge < -0.3 is 19.5 Å². The smallest absolute Gasteiger partial charge is 0.339 e. The minimum Gasteiger partial charge on any atom is -0.481 e. The number of carbonyl (C=O) groups excluding carboxylic acids is 3. The Morgan fingerprint density at radius 1 is 1.00 bits per heavy atom. The number of methoxy groups -OCH3 is 2. The van der Waals surface area contributed by atoms with E-state index in [0.29, 0.717) is 12.2 Å². The molecule has 0 saturated heterocycles. The average molecular weight is 385 g/mol. The molecule has 0 spiro atoms. The molecular weight excluding hydrogens is 362 g/mol. The summed E-state index contributed by atoms with van der Waals surface area (Å²) in [7, 11) is 2.48. The predicted molar refractivity (Wildman–Crippen MR) is 104 cm³/mol. The Hall–Kier alpha value is -3.35. The number of benzene rings is 2. The van der Waals surface area contributed by atoms with Gasteiger partial charge in [0.2, 0.25) is 0 Å². The Bertz CT molecular complexity index is 877. The minimum absolute atomic E-state index is 0.119. The Kier molecular flexibility index (Phi) is 7.14. The SMILES string of the molecule is CC[C@@H](Oc1cccc(C)c1)C(=O)Nc1cc(C(=O)OC)ccc1C(=O)OC. The van der Waals surface area contributed by atoms with Gasteiger partial charge in [0.1, 0.15) is 5.75 Å². The first-order valence-electron chi connectivity index (χ1n) is 8.74. The highest BCUT2D eigenvalue weighted by Gasteiger charge is 2.22. The number of anilines is 1. The third-order valence-corrected chi connectivity index (χ3v) is 4.03. The fraction of sp³-hybridized carbons (Fsp3) is 0.286. The molecule has 2 rings (SSSR count). The number of nitrogens with one attached hydrogen (secondary N) is 1. The second kappa shape index (κ2) is 9.55. The highest BCUT2D eigenvalue weighted by molar-refractivity contribution is 6.04. The summed E-state index contributed by atoms with van der Waals surface area (Å²) in [6.07, 6.45) is -0.376. The molecule has 0 aliphatic carbocycles. The summed E-state index contributed by atoms with van der Waals surface area (Å²) >= 11 is 0. The quantitative estimate of drug-likeness (QED) is 0.735. The monoisotopic (exact) mass is 385 g/mol. The summed E-state index contributed by atoms with van der Waals surface area (Å²) in [5, 5.41) is 2.66. The largest absolute Gasteiger partial charge is 0.481 e. The van der Waals surface area contributed by atoms with E-state index in [4.69, 9.17) is 9.47 Å². The summed E-state index contributed by atoms with van der Waals surface area (Å²) in [6.45, 7) is 3.74. The lowest BCUT2D eigenvalue weighted by Gasteiger charge is -2.19. The summed E-state index contributed by atoms with van der Waals surface area (Å²) in [5.41, 5.74) is 1.46. The van der Waals surface area contributed by atoms with E-state index in [-0.39, 0.29) is 16.8 Å². The maximum absolute atomic E-state index is 12.7.